The molecule has 0 atom stereocenters. The van der Waals surface area contributed by atoms with Crippen LogP contribution in [0.1, 0.15) is 0 Å². The Morgan fingerprint density at radius 3 is 2.60 bits per heavy atom. The van der Waals surface area contributed by atoms with E-state index in [1.54, 1.807) is 12.1 Å². The molecule has 30 heavy (non-hydrogen) atoms. The summed E-state index contributed by atoms with van der Waals surface area (Å²) in [6.45, 7) is 0. The molecule has 0 bridgehead atoms. The minimum absolute atomic E-state index is 0.124. The number of thiazole rings is 1. The van der Waals surface area contributed by atoms with E-state index in [1.807, 2.05) is 54.6 Å². The molecule has 0 radical (unpaired) electrons. The first-order valence-electron chi connectivity index (χ1n) is 9.17. The van der Waals surface area contributed by atoms with Crippen LogP contribution in [-0.2, 0) is 0 Å². The number of hydrogen-bond donors (Lipinski definition) is 1. The zero-order valence-electron chi connectivity index (χ0n) is 15.9. The first-order valence-corrected chi connectivity index (χ1v) is 9.99. The maximum absolute atomic E-state index is 13.3. The third-order valence-corrected chi connectivity index (χ3v) is 5.58. The van der Waals surface area contributed by atoms with E-state index in [9.17, 15) is 4.79 Å². The van der Waals surface area contributed by atoms with Crippen molar-refractivity contribution in [3.63, 3.8) is 0 Å². The fourth-order valence-corrected chi connectivity index (χ4v) is 4.23. The molecular weight excluding hydrogens is 400 g/mol. The van der Waals surface area contributed by atoms with Crippen LogP contribution in [0.3, 0.4) is 0 Å². The fourth-order valence-electron chi connectivity index (χ4n) is 3.36. The average molecular weight is 416 g/mol. The van der Waals surface area contributed by atoms with E-state index in [2.05, 4.69) is 4.98 Å². The third-order valence-electron chi connectivity index (χ3n) is 4.67. The highest BCUT2D eigenvalue weighted by atomic mass is 32.1. The molecule has 2 N–H and O–H groups in total. The molecule has 6 nitrogen and oxygen atoms in total. The third kappa shape index (κ3) is 3.05. The molecule has 0 aliphatic heterocycles. The second-order valence-corrected chi connectivity index (χ2v) is 7.61. The minimum atomic E-state index is -0.266. The number of para-hydroxylation sites is 1. The molecule has 0 saturated heterocycles. The van der Waals surface area contributed by atoms with E-state index >= 15 is 0 Å². The van der Waals surface area contributed by atoms with Gasteiger partial charge in [0.2, 0.25) is 11.2 Å². The number of nitrogens with two attached hydrogens (primary N) is 1. The number of nitrogens with zero attached hydrogens (tertiary/aromatic N) is 1. The summed E-state index contributed by atoms with van der Waals surface area (Å²) in [5, 5.41) is 0.810. The van der Waals surface area contributed by atoms with E-state index < -0.39 is 0 Å². The Hall–Kier alpha value is -3.84. The standard InChI is InChI=1S/C23H16N2O4S/c1-27-21-19(26)18-17(11-10-16-22(18)30-23(24)25-16)29-20(21)13-6-5-9-15(12-13)28-14-7-3-2-4-8-14/h2-12H,1H3,(H2,24,25). The molecule has 2 aromatic heterocycles. The van der Waals surface area contributed by atoms with Gasteiger partial charge in [-0.3, -0.25) is 4.79 Å². The Morgan fingerprint density at radius 1 is 1.00 bits per heavy atom. The Morgan fingerprint density at radius 2 is 1.80 bits per heavy atom. The van der Waals surface area contributed by atoms with Crippen LogP contribution in [0.4, 0.5) is 5.13 Å². The number of methoxy groups -OCH3 is 1. The summed E-state index contributed by atoms with van der Waals surface area (Å²) in [4.78, 5) is 17.5. The van der Waals surface area contributed by atoms with Gasteiger partial charge in [-0.15, -0.1) is 0 Å². The second-order valence-electron chi connectivity index (χ2n) is 6.58. The monoisotopic (exact) mass is 416 g/mol. The molecular formula is C23H16N2O4S. The molecule has 0 fully saturated rings. The first kappa shape index (κ1) is 18.2. The highest BCUT2D eigenvalue weighted by molar-refractivity contribution is 7.23. The lowest BCUT2D eigenvalue weighted by molar-refractivity contribution is 0.398. The van der Waals surface area contributed by atoms with Gasteiger partial charge in [0.15, 0.2) is 10.9 Å². The number of rotatable bonds is 4. The van der Waals surface area contributed by atoms with Crippen molar-refractivity contribution >= 4 is 37.7 Å². The van der Waals surface area contributed by atoms with Gasteiger partial charge in [-0.05, 0) is 36.4 Å². The summed E-state index contributed by atoms with van der Waals surface area (Å²) < 4.78 is 18.2. The smallest absolute Gasteiger partial charge is 0.236 e. The van der Waals surface area contributed by atoms with Crippen LogP contribution in [0.2, 0.25) is 0 Å². The molecule has 5 rings (SSSR count). The Labute approximate surface area is 175 Å². The van der Waals surface area contributed by atoms with Crippen molar-refractivity contribution < 1.29 is 13.9 Å². The van der Waals surface area contributed by atoms with Gasteiger partial charge in [-0.25, -0.2) is 4.98 Å². The predicted molar refractivity (Wildman–Crippen MR) is 119 cm³/mol. The molecule has 7 heteroatoms. The number of nitrogen functional groups attached to an aromatic ring is 1. The van der Waals surface area contributed by atoms with Crippen LogP contribution >= 0.6 is 11.3 Å². The largest absolute Gasteiger partial charge is 0.490 e. The van der Waals surface area contributed by atoms with Crippen molar-refractivity contribution in [2.24, 2.45) is 0 Å². The van der Waals surface area contributed by atoms with E-state index in [-0.39, 0.29) is 11.2 Å². The van der Waals surface area contributed by atoms with Gasteiger partial charge in [-0.2, -0.15) is 0 Å². The maximum Gasteiger partial charge on any atom is 0.236 e. The van der Waals surface area contributed by atoms with E-state index in [0.717, 1.165) is 0 Å². The summed E-state index contributed by atoms with van der Waals surface area (Å²) in [6, 6.07) is 20.3. The van der Waals surface area contributed by atoms with Gasteiger partial charge in [0.1, 0.15) is 17.1 Å². The van der Waals surface area contributed by atoms with Crippen LogP contribution < -0.4 is 20.6 Å². The molecule has 0 aliphatic rings. The van der Waals surface area contributed by atoms with Crippen molar-refractivity contribution in [1.29, 1.82) is 0 Å². The number of benzene rings is 3. The van der Waals surface area contributed by atoms with Gasteiger partial charge in [0.05, 0.1) is 22.7 Å². The normalized spacial score (nSPS) is 11.1. The van der Waals surface area contributed by atoms with Crippen molar-refractivity contribution in [2.45, 2.75) is 0 Å². The Kier molecular flexibility index (Phi) is 4.37. The van der Waals surface area contributed by atoms with Gasteiger partial charge in [0.25, 0.3) is 0 Å². The second kappa shape index (κ2) is 7.20. The van der Waals surface area contributed by atoms with Crippen molar-refractivity contribution in [3.8, 4) is 28.6 Å². The van der Waals surface area contributed by atoms with Gasteiger partial charge in [0, 0.05) is 5.56 Å². The maximum atomic E-state index is 13.3. The van der Waals surface area contributed by atoms with Crippen molar-refractivity contribution in [3.05, 3.63) is 77.0 Å². The van der Waals surface area contributed by atoms with E-state index in [4.69, 9.17) is 19.6 Å². The Bertz CT molecular complexity index is 1440. The zero-order valence-corrected chi connectivity index (χ0v) is 16.7. The summed E-state index contributed by atoms with van der Waals surface area (Å²) in [7, 11) is 1.45. The number of aromatic nitrogens is 1. The lowest BCUT2D eigenvalue weighted by Crippen LogP contribution is -2.07. The molecule has 0 unspecified atom stereocenters. The van der Waals surface area contributed by atoms with Gasteiger partial charge >= 0.3 is 0 Å². The molecule has 3 aromatic carbocycles. The lowest BCUT2D eigenvalue weighted by atomic mass is 10.1. The highest BCUT2D eigenvalue weighted by Crippen LogP contribution is 2.37. The van der Waals surface area contributed by atoms with Crippen LogP contribution in [0.25, 0.3) is 32.5 Å². The van der Waals surface area contributed by atoms with Gasteiger partial charge < -0.3 is 19.6 Å². The molecule has 0 aliphatic carbocycles. The fraction of sp³-hybridized carbons (Fsp3) is 0.0435. The zero-order chi connectivity index (χ0) is 20.7. The number of fused-ring (bicyclic) bond motifs is 3. The summed E-state index contributed by atoms with van der Waals surface area (Å²) in [5.41, 5.74) is 7.34. The molecule has 0 amide bonds. The van der Waals surface area contributed by atoms with Crippen molar-refractivity contribution in [2.75, 3.05) is 12.8 Å². The molecule has 148 valence electrons. The summed E-state index contributed by atoms with van der Waals surface area (Å²) in [6.07, 6.45) is 0. The Balaban J connectivity index is 1.68. The predicted octanol–water partition coefficient (Wildman–Crippen LogP) is 5.45. The summed E-state index contributed by atoms with van der Waals surface area (Å²) >= 11 is 1.25. The van der Waals surface area contributed by atoms with Crippen LogP contribution in [0.15, 0.2) is 75.9 Å². The van der Waals surface area contributed by atoms with Gasteiger partial charge in [-0.1, -0.05) is 41.7 Å². The van der Waals surface area contributed by atoms with Crippen LogP contribution in [0.5, 0.6) is 17.2 Å². The highest BCUT2D eigenvalue weighted by Gasteiger charge is 2.20. The molecule has 5 aromatic rings. The number of ether oxygens (including phenoxy) is 2. The summed E-state index contributed by atoms with van der Waals surface area (Å²) in [5.74, 6) is 1.80. The minimum Gasteiger partial charge on any atom is -0.490 e. The molecule has 0 spiro atoms. The van der Waals surface area contributed by atoms with Crippen molar-refractivity contribution in [1.82, 2.24) is 4.98 Å². The SMILES string of the molecule is COc1c(-c2cccc(Oc3ccccc3)c2)oc2ccc3nc(N)sc3c2c1=O. The van der Waals surface area contributed by atoms with Crippen LogP contribution in [-0.4, -0.2) is 12.1 Å². The lowest BCUT2D eigenvalue weighted by Gasteiger charge is -2.11. The molecule has 2 heterocycles. The van der Waals surface area contributed by atoms with Crippen LogP contribution in [0, 0.1) is 0 Å². The first-order chi connectivity index (χ1) is 14.6. The average Bonchev–Trinajstić information content (AvgIpc) is 3.14. The topological polar surface area (TPSA) is 87.6 Å². The van der Waals surface area contributed by atoms with E-state index in [0.29, 0.717) is 49.1 Å². The number of anilines is 1. The number of hydrogen-bond acceptors (Lipinski definition) is 7. The molecule has 0 saturated carbocycles. The quantitative estimate of drug-likeness (QED) is 0.419. The van der Waals surface area contributed by atoms with E-state index in [1.165, 1.54) is 18.4 Å².